The molecule has 1 aromatic heterocycles. The minimum atomic E-state index is -0.618. The van der Waals surface area contributed by atoms with Crippen molar-refractivity contribution in [3.8, 4) is 5.75 Å². The topological polar surface area (TPSA) is 51.2 Å². The summed E-state index contributed by atoms with van der Waals surface area (Å²) in [5.41, 5.74) is 1.40. The average molecular weight is 497 g/mol. The Morgan fingerprint density at radius 2 is 1.96 bits per heavy atom. The first-order valence-electron chi connectivity index (χ1n) is 7.31. The van der Waals surface area contributed by atoms with Crippen molar-refractivity contribution in [2.45, 2.75) is 13.0 Å². The van der Waals surface area contributed by atoms with Gasteiger partial charge >= 0.3 is 0 Å². The lowest BCUT2D eigenvalue weighted by Crippen LogP contribution is -2.30. The van der Waals surface area contributed by atoms with E-state index in [9.17, 15) is 4.79 Å². The molecule has 1 N–H and O–H groups in total. The molecule has 1 atom stereocenters. The Labute approximate surface area is 161 Å². The van der Waals surface area contributed by atoms with Gasteiger partial charge in [0.25, 0.3) is 5.91 Å². The number of hydrogen-bond acceptors (Lipinski definition) is 3. The van der Waals surface area contributed by atoms with Crippen LogP contribution in [0.25, 0.3) is 10.9 Å². The Morgan fingerprint density at radius 1 is 1.21 bits per heavy atom. The van der Waals surface area contributed by atoms with Crippen LogP contribution in [0.15, 0.2) is 59.2 Å². The number of aromatic nitrogens is 1. The van der Waals surface area contributed by atoms with E-state index in [0.29, 0.717) is 11.4 Å². The predicted molar refractivity (Wildman–Crippen MR) is 107 cm³/mol. The van der Waals surface area contributed by atoms with Crippen LogP contribution in [0.3, 0.4) is 0 Å². The van der Waals surface area contributed by atoms with E-state index in [1.54, 1.807) is 13.1 Å². The van der Waals surface area contributed by atoms with Crippen molar-refractivity contribution >= 4 is 61.0 Å². The number of anilines is 1. The van der Waals surface area contributed by atoms with Gasteiger partial charge in [0.05, 0.1) is 11.2 Å². The maximum absolute atomic E-state index is 12.4. The molecular formula is C18H14BrIN2O2. The number of rotatable bonds is 4. The van der Waals surface area contributed by atoms with E-state index in [1.807, 2.05) is 48.5 Å². The third-order valence-corrected chi connectivity index (χ3v) is 4.88. The van der Waals surface area contributed by atoms with Crippen molar-refractivity contribution < 1.29 is 9.53 Å². The fourth-order valence-corrected chi connectivity index (χ4v) is 3.06. The minimum absolute atomic E-state index is 0.220. The van der Waals surface area contributed by atoms with Crippen molar-refractivity contribution in [2.24, 2.45) is 0 Å². The Hall–Kier alpha value is -1.67. The normalized spacial score (nSPS) is 12.0. The Bertz CT molecular complexity index is 884. The van der Waals surface area contributed by atoms with Crippen LogP contribution >= 0.6 is 38.5 Å². The average Bonchev–Trinajstić information content (AvgIpc) is 2.59. The molecule has 122 valence electrons. The third-order valence-electron chi connectivity index (χ3n) is 3.47. The summed E-state index contributed by atoms with van der Waals surface area (Å²) >= 11 is 5.72. The lowest BCUT2D eigenvalue weighted by Gasteiger charge is -2.15. The standard InChI is InChI=1S/C18H14BrIN2O2/c1-11(24-13-6-4-12(20)5-7-13)18(23)22-16-9-8-15(19)14-3-2-10-21-17(14)16/h2-11H,1H3,(H,22,23). The van der Waals surface area contributed by atoms with Crippen LogP contribution in [0.5, 0.6) is 5.75 Å². The van der Waals surface area contributed by atoms with E-state index in [4.69, 9.17) is 4.74 Å². The van der Waals surface area contributed by atoms with Crippen LogP contribution in [0.2, 0.25) is 0 Å². The second-order valence-corrected chi connectivity index (χ2v) is 7.30. The van der Waals surface area contributed by atoms with Gasteiger partial charge in [-0.1, -0.05) is 22.0 Å². The zero-order valence-corrected chi connectivity index (χ0v) is 16.5. The SMILES string of the molecule is CC(Oc1ccc(I)cc1)C(=O)Nc1ccc(Br)c2cccnc12. The van der Waals surface area contributed by atoms with Crippen LogP contribution in [-0.2, 0) is 4.79 Å². The summed E-state index contributed by atoms with van der Waals surface area (Å²) in [6.07, 6.45) is 1.09. The molecule has 2 aromatic carbocycles. The first-order chi connectivity index (χ1) is 11.5. The zero-order chi connectivity index (χ0) is 17.1. The number of carbonyl (C=O) groups excluding carboxylic acids is 1. The van der Waals surface area contributed by atoms with Crippen molar-refractivity contribution in [1.82, 2.24) is 4.98 Å². The maximum atomic E-state index is 12.4. The van der Waals surface area contributed by atoms with Crippen LogP contribution in [0.1, 0.15) is 6.92 Å². The van der Waals surface area contributed by atoms with E-state index in [0.717, 1.165) is 18.9 Å². The largest absolute Gasteiger partial charge is 0.481 e. The summed E-state index contributed by atoms with van der Waals surface area (Å²) in [7, 11) is 0. The van der Waals surface area contributed by atoms with E-state index in [1.165, 1.54) is 0 Å². The van der Waals surface area contributed by atoms with Crippen LogP contribution in [0, 0.1) is 3.57 Å². The Morgan fingerprint density at radius 3 is 2.71 bits per heavy atom. The fourth-order valence-electron chi connectivity index (χ4n) is 2.24. The number of ether oxygens (including phenoxy) is 1. The molecule has 0 fully saturated rings. The van der Waals surface area contributed by atoms with Gasteiger partial charge in [-0.25, -0.2) is 0 Å². The molecule has 0 bridgehead atoms. The molecule has 24 heavy (non-hydrogen) atoms. The second-order valence-electron chi connectivity index (χ2n) is 5.20. The number of halogens is 2. The molecule has 4 nitrogen and oxygen atoms in total. The van der Waals surface area contributed by atoms with Crippen LogP contribution in [0.4, 0.5) is 5.69 Å². The molecule has 0 radical (unpaired) electrons. The van der Waals surface area contributed by atoms with Gasteiger partial charge in [-0.3, -0.25) is 9.78 Å². The number of benzene rings is 2. The van der Waals surface area contributed by atoms with Crippen LogP contribution < -0.4 is 10.1 Å². The summed E-state index contributed by atoms with van der Waals surface area (Å²) in [5, 5.41) is 3.84. The Kier molecular flexibility index (Phi) is 5.35. The number of nitrogens with one attached hydrogen (secondary N) is 1. The number of carbonyl (C=O) groups is 1. The molecule has 0 aliphatic rings. The molecule has 3 rings (SSSR count). The highest BCUT2D eigenvalue weighted by Gasteiger charge is 2.16. The van der Waals surface area contributed by atoms with Crippen molar-refractivity contribution in [3.05, 3.63) is 62.8 Å². The molecule has 1 heterocycles. The maximum Gasteiger partial charge on any atom is 0.265 e. The summed E-state index contributed by atoms with van der Waals surface area (Å²) < 4.78 is 7.75. The lowest BCUT2D eigenvalue weighted by molar-refractivity contribution is -0.122. The number of amides is 1. The molecule has 0 aliphatic heterocycles. The molecule has 1 unspecified atom stereocenters. The lowest BCUT2D eigenvalue weighted by atomic mass is 10.2. The highest BCUT2D eigenvalue weighted by molar-refractivity contribution is 14.1. The highest BCUT2D eigenvalue weighted by Crippen LogP contribution is 2.28. The summed E-state index contributed by atoms with van der Waals surface area (Å²) in [4.78, 5) is 16.8. The van der Waals surface area contributed by atoms with Crippen molar-refractivity contribution in [2.75, 3.05) is 5.32 Å². The molecule has 0 saturated carbocycles. The Balaban J connectivity index is 1.77. The molecule has 0 saturated heterocycles. The summed E-state index contributed by atoms with van der Waals surface area (Å²) in [6, 6.07) is 15.1. The van der Waals surface area contributed by atoms with E-state index in [-0.39, 0.29) is 5.91 Å². The summed E-state index contributed by atoms with van der Waals surface area (Å²) in [6.45, 7) is 1.72. The van der Waals surface area contributed by atoms with E-state index in [2.05, 4.69) is 48.8 Å². The molecule has 3 aromatic rings. The predicted octanol–water partition coefficient (Wildman–Crippen LogP) is 5.01. The van der Waals surface area contributed by atoms with Gasteiger partial charge in [0.1, 0.15) is 5.75 Å². The number of hydrogen-bond donors (Lipinski definition) is 1. The van der Waals surface area contributed by atoms with Gasteiger partial charge in [-0.2, -0.15) is 0 Å². The summed E-state index contributed by atoms with van der Waals surface area (Å²) in [5.74, 6) is 0.444. The van der Waals surface area contributed by atoms with Gasteiger partial charge in [0.15, 0.2) is 6.10 Å². The smallest absolute Gasteiger partial charge is 0.265 e. The minimum Gasteiger partial charge on any atom is -0.481 e. The highest BCUT2D eigenvalue weighted by atomic mass is 127. The van der Waals surface area contributed by atoms with Gasteiger partial charge in [0.2, 0.25) is 0 Å². The van der Waals surface area contributed by atoms with Crippen molar-refractivity contribution in [1.29, 1.82) is 0 Å². The van der Waals surface area contributed by atoms with E-state index >= 15 is 0 Å². The van der Waals surface area contributed by atoms with Gasteiger partial charge in [-0.05, 0) is 72.0 Å². The molecular weight excluding hydrogens is 483 g/mol. The number of nitrogens with zero attached hydrogens (tertiary/aromatic N) is 1. The molecule has 0 spiro atoms. The third kappa shape index (κ3) is 3.87. The molecule has 1 amide bonds. The molecule has 0 aliphatic carbocycles. The number of pyridine rings is 1. The van der Waals surface area contributed by atoms with Gasteiger partial charge in [-0.15, -0.1) is 0 Å². The monoisotopic (exact) mass is 496 g/mol. The quantitative estimate of drug-likeness (QED) is 0.516. The van der Waals surface area contributed by atoms with Gasteiger partial charge < -0.3 is 10.1 Å². The van der Waals surface area contributed by atoms with Gasteiger partial charge in [0, 0.05) is 19.6 Å². The second kappa shape index (κ2) is 7.48. The number of fused-ring (bicyclic) bond motifs is 1. The molecule has 6 heteroatoms. The zero-order valence-electron chi connectivity index (χ0n) is 12.8. The fraction of sp³-hybridized carbons (Fsp3) is 0.111. The van der Waals surface area contributed by atoms with E-state index < -0.39 is 6.10 Å². The first-order valence-corrected chi connectivity index (χ1v) is 9.18. The van der Waals surface area contributed by atoms with Crippen LogP contribution in [-0.4, -0.2) is 17.0 Å². The van der Waals surface area contributed by atoms with Crippen molar-refractivity contribution in [3.63, 3.8) is 0 Å². The first kappa shape index (κ1) is 17.2.